The number of hydrogen-bond donors (Lipinski definition) is 0. The van der Waals surface area contributed by atoms with Gasteiger partial charge < -0.3 is 9.64 Å². The minimum atomic E-state index is -0.169. The molecule has 1 aliphatic heterocycles. The summed E-state index contributed by atoms with van der Waals surface area (Å²) in [6, 6.07) is 16.4. The van der Waals surface area contributed by atoms with Gasteiger partial charge in [-0.1, -0.05) is 29.8 Å². The van der Waals surface area contributed by atoms with Gasteiger partial charge >= 0.3 is 5.97 Å². The summed E-state index contributed by atoms with van der Waals surface area (Å²) in [5.74, 6) is 0.663. The molecule has 0 unspecified atom stereocenters. The topological polar surface area (TPSA) is 46.6 Å². The van der Waals surface area contributed by atoms with Crippen LogP contribution in [-0.4, -0.2) is 37.0 Å². The molecule has 0 radical (unpaired) electrons. The van der Waals surface area contributed by atoms with Crippen molar-refractivity contribution in [2.75, 3.05) is 20.2 Å². The first-order valence-corrected chi connectivity index (χ1v) is 10.2. The quantitative estimate of drug-likeness (QED) is 0.570. The predicted octanol–water partition coefficient (Wildman–Crippen LogP) is 4.31. The number of carbonyl (C=O) groups is 2. The highest BCUT2D eigenvalue weighted by Gasteiger charge is 2.28. The third-order valence-electron chi connectivity index (χ3n) is 4.94. The van der Waals surface area contributed by atoms with E-state index < -0.39 is 0 Å². The molecule has 2 aromatic carbocycles. The summed E-state index contributed by atoms with van der Waals surface area (Å²) in [5.41, 5.74) is 3.16. The van der Waals surface area contributed by atoms with E-state index in [2.05, 4.69) is 31.2 Å². The monoisotopic (exact) mass is 383 g/mol. The van der Waals surface area contributed by atoms with E-state index in [-0.39, 0.29) is 17.8 Å². The average molecular weight is 384 g/mol. The Hall–Kier alpha value is -2.27. The van der Waals surface area contributed by atoms with Gasteiger partial charge in [-0.05, 0) is 49.6 Å². The smallest absolute Gasteiger partial charge is 0.308 e. The first-order chi connectivity index (χ1) is 13.1. The maximum atomic E-state index is 12.7. The van der Waals surface area contributed by atoms with Crippen LogP contribution in [-0.2, 0) is 15.3 Å². The molecule has 27 heavy (non-hydrogen) atoms. The summed E-state index contributed by atoms with van der Waals surface area (Å²) in [7, 11) is 1.42. The second kappa shape index (κ2) is 9.09. The lowest BCUT2D eigenvalue weighted by Crippen LogP contribution is -2.40. The van der Waals surface area contributed by atoms with E-state index in [1.807, 2.05) is 29.2 Å². The van der Waals surface area contributed by atoms with Crippen LogP contribution in [0.1, 0.15) is 34.3 Å². The summed E-state index contributed by atoms with van der Waals surface area (Å²) in [6.45, 7) is 3.29. The van der Waals surface area contributed by atoms with Gasteiger partial charge in [-0.2, -0.15) is 0 Å². The molecule has 2 aromatic rings. The summed E-state index contributed by atoms with van der Waals surface area (Å²) in [4.78, 5) is 27.4. The number of likely N-dealkylation sites (tertiary alicyclic amines) is 1. The highest BCUT2D eigenvalue weighted by atomic mass is 32.2. The molecule has 0 spiro atoms. The largest absolute Gasteiger partial charge is 0.469 e. The fraction of sp³-hybridized carbons (Fsp3) is 0.364. The molecule has 4 nitrogen and oxygen atoms in total. The van der Waals surface area contributed by atoms with E-state index in [4.69, 9.17) is 4.74 Å². The van der Waals surface area contributed by atoms with Gasteiger partial charge in [0.25, 0.3) is 5.91 Å². The van der Waals surface area contributed by atoms with Crippen LogP contribution in [0, 0.1) is 12.8 Å². The molecule has 0 N–H and O–H groups in total. The molecule has 3 rings (SSSR count). The number of piperidine rings is 1. The van der Waals surface area contributed by atoms with Gasteiger partial charge in [0.2, 0.25) is 0 Å². The summed E-state index contributed by atoms with van der Waals surface area (Å²) >= 11 is 1.79. The molecule has 1 fully saturated rings. The van der Waals surface area contributed by atoms with Gasteiger partial charge in [-0.15, -0.1) is 11.8 Å². The normalized spacial score (nSPS) is 14.8. The molecule has 142 valence electrons. The number of nitrogens with zero attached hydrogens (tertiary/aromatic N) is 1. The van der Waals surface area contributed by atoms with Crippen LogP contribution in [0.15, 0.2) is 53.4 Å². The number of ether oxygens (including phenoxy) is 1. The van der Waals surface area contributed by atoms with Gasteiger partial charge in [0.05, 0.1) is 13.0 Å². The van der Waals surface area contributed by atoms with Crippen molar-refractivity contribution in [2.45, 2.75) is 30.4 Å². The number of thioether (sulfide) groups is 1. The Morgan fingerprint density at radius 1 is 1.04 bits per heavy atom. The zero-order chi connectivity index (χ0) is 19.2. The summed E-state index contributed by atoms with van der Waals surface area (Å²) < 4.78 is 4.80. The Kier molecular flexibility index (Phi) is 6.56. The third-order valence-corrected chi connectivity index (χ3v) is 6.03. The van der Waals surface area contributed by atoms with Crippen molar-refractivity contribution in [1.29, 1.82) is 0 Å². The molecule has 5 heteroatoms. The van der Waals surface area contributed by atoms with Crippen LogP contribution >= 0.6 is 11.8 Å². The van der Waals surface area contributed by atoms with Gasteiger partial charge in [-0.25, -0.2) is 0 Å². The zero-order valence-electron chi connectivity index (χ0n) is 15.8. The maximum Gasteiger partial charge on any atom is 0.308 e. The van der Waals surface area contributed by atoms with Crippen molar-refractivity contribution in [1.82, 2.24) is 4.90 Å². The van der Waals surface area contributed by atoms with Crippen LogP contribution in [0.3, 0.4) is 0 Å². The van der Waals surface area contributed by atoms with E-state index in [9.17, 15) is 9.59 Å². The SMILES string of the molecule is COC(=O)C1CCN(C(=O)c2ccc(CSc3ccc(C)cc3)cc2)CC1. The minimum Gasteiger partial charge on any atom is -0.469 e. The van der Waals surface area contributed by atoms with Crippen LogP contribution in [0.5, 0.6) is 0 Å². The summed E-state index contributed by atoms with van der Waals surface area (Å²) in [6.07, 6.45) is 1.34. The molecule has 1 aliphatic rings. The number of hydrogen-bond acceptors (Lipinski definition) is 4. The fourth-order valence-electron chi connectivity index (χ4n) is 3.21. The third kappa shape index (κ3) is 5.13. The van der Waals surface area contributed by atoms with Crippen LogP contribution in [0.2, 0.25) is 0 Å². The van der Waals surface area contributed by atoms with Crippen LogP contribution in [0.4, 0.5) is 0 Å². The van der Waals surface area contributed by atoms with Gasteiger partial charge in [-0.3, -0.25) is 9.59 Å². The van der Waals surface area contributed by atoms with Gasteiger partial charge in [0, 0.05) is 29.3 Å². The molecular formula is C22H25NO3S. The number of esters is 1. The van der Waals surface area contributed by atoms with Gasteiger partial charge in [0.15, 0.2) is 0 Å². The number of aryl methyl sites for hydroxylation is 1. The van der Waals surface area contributed by atoms with E-state index >= 15 is 0 Å². The number of carbonyl (C=O) groups excluding carboxylic acids is 2. The van der Waals surface area contributed by atoms with Crippen LogP contribution < -0.4 is 0 Å². The highest BCUT2D eigenvalue weighted by molar-refractivity contribution is 7.98. The van der Waals surface area contributed by atoms with Crippen molar-refractivity contribution in [2.24, 2.45) is 5.92 Å². The fourth-order valence-corrected chi connectivity index (χ4v) is 4.07. The molecule has 1 amide bonds. The van der Waals surface area contributed by atoms with Crippen molar-refractivity contribution in [3.63, 3.8) is 0 Å². The Morgan fingerprint density at radius 2 is 1.67 bits per heavy atom. The predicted molar refractivity (Wildman–Crippen MR) is 108 cm³/mol. The Labute approximate surface area is 164 Å². The number of rotatable bonds is 5. The molecule has 1 saturated heterocycles. The standard InChI is InChI=1S/C22H25NO3S/c1-16-3-9-20(10-4-16)27-15-17-5-7-18(8-6-17)21(24)23-13-11-19(12-14-23)22(25)26-2/h3-10,19H,11-15H2,1-2H3. The first-order valence-electron chi connectivity index (χ1n) is 9.22. The maximum absolute atomic E-state index is 12.7. The molecule has 0 aromatic heterocycles. The van der Waals surface area contributed by atoms with E-state index in [1.165, 1.54) is 23.1 Å². The lowest BCUT2D eigenvalue weighted by molar-refractivity contribution is -0.146. The second-order valence-electron chi connectivity index (χ2n) is 6.89. The molecule has 0 saturated carbocycles. The van der Waals surface area contributed by atoms with Crippen molar-refractivity contribution >= 4 is 23.6 Å². The number of benzene rings is 2. The number of amides is 1. The van der Waals surface area contributed by atoms with Crippen molar-refractivity contribution < 1.29 is 14.3 Å². The van der Waals surface area contributed by atoms with E-state index in [0.717, 1.165) is 5.75 Å². The van der Waals surface area contributed by atoms with Crippen molar-refractivity contribution in [3.05, 3.63) is 65.2 Å². The lowest BCUT2D eigenvalue weighted by atomic mass is 9.96. The Balaban J connectivity index is 1.53. The Morgan fingerprint density at radius 3 is 2.26 bits per heavy atom. The Bertz CT molecular complexity index is 778. The van der Waals surface area contributed by atoms with Crippen molar-refractivity contribution in [3.8, 4) is 0 Å². The number of methoxy groups -OCH3 is 1. The molecular weight excluding hydrogens is 358 g/mol. The summed E-state index contributed by atoms with van der Waals surface area (Å²) in [5, 5.41) is 0. The minimum absolute atomic E-state index is 0.0380. The lowest BCUT2D eigenvalue weighted by Gasteiger charge is -2.30. The molecule has 0 aliphatic carbocycles. The highest BCUT2D eigenvalue weighted by Crippen LogP contribution is 2.24. The van der Waals surface area contributed by atoms with Crippen LogP contribution in [0.25, 0.3) is 0 Å². The van der Waals surface area contributed by atoms with E-state index in [0.29, 0.717) is 31.5 Å². The second-order valence-corrected chi connectivity index (χ2v) is 7.94. The zero-order valence-corrected chi connectivity index (χ0v) is 16.6. The molecule has 0 bridgehead atoms. The molecule has 1 heterocycles. The first kappa shape index (κ1) is 19.5. The molecule has 0 atom stereocenters. The van der Waals surface area contributed by atoms with E-state index in [1.54, 1.807) is 11.8 Å². The van der Waals surface area contributed by atoms with Gasteiger partial charge in [0.1, 0.15) is 0 Å². The average Bonchev–Trinajstić information content (AvgIpc) is 2.73.